The Hall–Kier alpha value is -4.56. The van der Waals surface area contributed by atoms with Gasteiger partial charge in [0.1, 0.15) is 0 Å². The monoisotopic (exact) mass is 605 g/mol. The molecule has 1 N–H and O–H groups in total. The first-order valence-corrected chi connectivity index (χ1v) is 14.4. The standard InChI is InChI=1S/C33H28BrN5O2/c1-3-41-28-19-23(18-25(34)31(28)40)30-29-21(2)36-39(24-14-8-5-9-15-24)32(29)35-33-37(20-22-12-6-4-7-13-22)26-16-10-11-17-27(26)38(30)33/h4-19,30,40H,3,20H2,1-2H3/t30-/m1/s1. The van der Waals surface area contributed by atoms with Gasteiger partial charge in [0, 0.05) is 5.56 Å². The van der Waals surface area contributed by atoms with Gasteiger partial charge in [-0.3, -0.25) is 4.90 Å². The average molecular weight is 607 g/mol. The van der Waals surface area contributed by atoms with Gasteiger partial charge in [-0.1, -0.05) is 60.7 Å². The Morgan fingerprint density at radius 3 is 2.32 bits per heavy atom. The molecular weight excluding hydrogens is 578 g/mol. The van der Waals surface area contributed by atoms with E-state index in [0.29, 0.717) is 23.4 Å². The number of aromatic hydroxyl groups is 1. The maximum atomic E-state index is 10.8. The number of rotatable bonds is 6. The normalized spacial score (nSPS) is 15.3. The summed E-state index contributed by atoms with van der Waals surface area (Å²) in [5, 5.41) is 15.8. The summed E-state index contributed by atoms with van der Waals surface area (Å²) in [7, 11) is 0. The van der Waals surface area contributed by atoms with Crippen LogP contribution in [0.4, 0.5) is 17.2 Å². The van der Waals surface area contributed by atoms with Gasteiger partial charge in [0.2, 0.25) is 5.96 Å². The third-order valence-corrected chi connectivity index (χ3v) is 8.16. The van der Waals surface area contributed by atoms with Gasteiger partial charge in [-0.05, 0) is 77.3 Å². The van der Waals surface area contributed by atoms with Crippen molar-refractivity contribution >= 4 is 39.1 Å². The van der Waals surface area contributed by atoms with Crippen molar-refractivity contribution in [1.29, 1.82) is 0 Å². The van der Waals surface area contributed by atoms with E-state index < -0.39 is 0 Å². The fourth-order valence-corrected chi connectivity index (χ4v) is 6.25. The number of aliphatic imine (C=N–C) groups is 1. The second kappa shape index (κ2) is 10.1. The Morgan fingerprint density at radius 1 is 0.902 bits per heavy atom. The summed E-state index contributed by atoms with van der Waals surface area (Å²) in [4.78, 5) is 9.91. The van der Waals surface area contributed by atoms with Crippen LogP contribution in [0.3, 0.4) is 0 Å². The van der Waals surface area contributed by atoms with E-state index in [1.165, 1.54) is 5.56 Å². The fourth-order valence-electron chi connectivity index (χ4n) is 5.79. The molecule has 8 heteroatoms. The summed E-state index contributed by atoms with van der Waals surface area (Å²) in [6.45, 7) is 5.05. The van der Waals surface area contributed by atoms with E-state index in [4.69, 9.17) is 14.8 Å². The lowest BCUT2D eigenvalue weighted by Crippen LogP contribution is -2.42. The molecule has 0 amide bonds. The number of halogens is 1. The molecule has 7 rings (SSSR count). The zero-order chi connectivity index (χ0) is 28.1. The van der Waals surface area contributed by atoms with E-state index in [9.17, 15) is 5.11 Å². The van der Waals surface area contributed by atoms with Crippen molar-refractivity contribution in [2.75, 3.05) is 16.4 Å². The van der Waals surface area contributed by atoms with Gasteiger partial charge in [-0.2, -0.15) is 10.1 Å². The van der Waals surface area contributed by atoms with Gasteiger partial charge < -0.3 is 14.7 Å². The summed E-state index contributed by atoms with van der Waals surface area (Å²) in [6, 6.07) is 32.6. The molecule has 41 heavy (non-hydrogen) atoms. The molecule has 0 saturated carbocycles. The fraction of sp³-hybridized carbons (Fsp3) is 0.152. The Morgan fingerprint density at radius 2 is 1.59 bits per heavy atom. The minimum atomic E-state index is -0.270. The highest BCUT2D eigenvalue weighted by molar-refractivity contribution is 9.10. The minimum absolute atomic E-state index is 0.0877. The van der Waals surface area contributed by atoms with E-state index in [-0.39, 0.29) is 11.8 Å². The first-order valence-electron chi connectivity index (χ1n) is 13.6. The minimum Gasteiger partial charge on any atom is -0.503 e. The number of ether oxygens (including phenoxy) is 1. The highest BCUT2D eigenvalue weighted by Crippen LogP contribution is 2.52. The second-order valence-electron chi connectivity index (χ2n) is 10.1. The van der Waals surface area contributed by atoms with Crippen LogP contribution in [0.5, 0.6) is 11.5 Å². The zero-order valence-corrected chi connectivity index (χ0v) is 24.3. The summed E-state index contributed by atoms with van der Waals surface area (Å²) < 4.78 is 8.37. The van der Waals surface area contributed by atoms with Crippen LogP contribution in [0.2, 0.25) is 0 Å². The second-order valence-corrected chi connectivity index (χ2v) is 11.0. The highest BCUT2D eigenvalue weighted by atomic mass is 79.9. The summed E-state index contributed by atoms with van der Waals surface area (Å²) >= 11 is 3.58. The summed E-state index contributed by atoms with van der Waals surface area (Å²) in [6.07, 6.45) is 0. The number of aromatic nitrogens is 2. The molecule has 1 atom stereocenters. The number of phenolic OH excluding ortho intramolecular Hbond substituents is 1. The first-order chi connectivity index (χ1) is 20.0. The van der Waals surface area contributed by atoms with Crippen molar-refractivity contribution in [3.63, 3.8) is 0 Å². The number of guanidine groups is 1. The van der Waals surface area contributed by atoms with Crippen LogP contribution in [-0.2, 0) is 6.54 Å². The molecule has 0 unspecified atom stereocenters. The van der Waals surface area contributed by atoms with Crippen LogP contribution in [0.15, 0.2) is 107 Å². The predicted octanol–water partition coefficient (Wildman–Crippen LogP) is 7.66. The lowest BCUT2D eigenvalue weighted by atomic mass is 9.95. The SMILES string of the molecule is CCOc1cc([C@@H]2c3c(C)nn(-c4ccccc4)c3N=C3N(Cc4ccccc4)c4ccccc4N32)cc(Br)c1O. The van der Waals surface area contributed by atoms with Gasteiger partial charge in [0.15, 0.2) is 17.3 Å². The number of aryl methyl sites for hydroxylation is 1. The Kier molecular flexibility index (Phi) is 6.27. The van der Waals surface area contributed by atoms with Crippen LogP contribution in [0, 0.1) is 6.92 Å². The topological polar surface area (TPSA) is 66.1 Å². The van der Waals surface area contributed by atoms with Crippen molar-refractivity contribution in [2.24, 2.45) is 4.99 Å². The van der Waals surface area contributed by atoms with Crippen LogP contribution in [0.1, 0.15) is 35.3 Å². The van der Waals surface area contributed by atoms with Gasteiger partial charge in [0.25, 0.3) is 0 Å². The molecule has 0 fully saturated rings. The molecule has 204 valence electrons. The number of phenols is 1. The van der Waals surface area contributed by atoms with Crippen molar-refractivity contribution in [1.82, 2.24) is 9.78 Å². The Labute approximate surface area is 247 Å². The van der Waals surface area contributed by atoms with E-state index in [1.54, 1.807) is 0 Å². The predicted molar refractivity (Wildman–Crippen MR) is 166 cm³/mol. The van der Waals surface area contributed by atoms with Gasteiger partial charge in [-0.15, -0.1) is 0 Å². The lowest BCUT2D eigenvalue weighted by Gasteiger charge is -2.35. The maximum Gasteiger partial charge on any atom is 0.213 e. The molecule has 0 spiro atoms. The Balaban J connectivity index is 1.50. The largest absolute Gasteiger partial charge is 0.503 e. The van der Waals surface area contributed by atoms with Gasteiger partial charge >= 0.3 is 0 Å². The number of hydrogen-bond donors (Lipinski definition) is 1. The molecule has 2 aliphatic heterocycles. The molecule has 1 aromatic heterocycles. The third-order valence-electron chi connectivity index (χ3n) is 7.56. The van der Waals surface area contributed by atoms with Gasteiger partial charge in [0.05, 0.1) is 46.4 Å². The van der Waals surface area contributed by atoms with E-state index >= 15 is 0 Å². The molecule has 0 radical (unpaired) electrons. The van der Waals surface area contributed by atoms with Crippen molar-refractivity contribution in [3.05, 3.63) is 124 Å². The number of nitrogens with zero attached hydrogens (tertiary/aromatic N) is 5. The first kappa shape index (κ1) is 25.4. The number of hydrogen-bond acceptors (Lipinski definition) is 6. The van der Waals surface area contributed by atoms with Crippen molar-refractivity contribution < 1.29 is 9.84 Å². The summed E-state index contributed by atoms with van der Waals surface area (Å²) in [5.74, 6) is 2.14. The van der Waals surface area contributed by atoms with E-state index in [1.807, 2.05) is 67.1 Å². The molecule has 5 aromatic rings. The van der Waals surface area contributed by atoms with E-state index in [0.717, 1.165) is 45.7 Å². The zero-order valence-electron chi connectivity index (χ0n) is 22.7. The number of anilines is 2. The van der Waals surface area contributed by atoms with E-state index in [2.05, 4.69) is 74.3 Å². The lowest BCUT2D eigenvalue weighted by molar-refractivity contribution is 0.316. The molecule has 0 bridgehead atoms. The molecule has 0 aliphatic carbocycles. The van der Waals surface area contributed by atoms with Crippen LogP contribution in [0.25, 0.3) is 5.69 Å². The molecule has 4 aromatic carbocycles. The van der Waals surface area contributed by atoms with Crippen LogP contribution < -0.4 is 14.5 Å². The molecule has 2 aliphatic rings. The van der Waals surface area contributed by atoms with Crippen molar-refractivity contribution in [3.8, 4) is 17.2 Å². The van der Waals surface area contributed by atoms with Crippen LogP contribution >= 0.6 is 15.9 Å². The highest BCUT2D eigenvalue weighted by Gasteiger charge is 2.44. The van der Waals surface area contributed by atoms with Crippen LogP contribution in [-0.4, -0.2) is 27.5 Å². The third kappa shape index (κ3) is 4.17. The molecule has 3 heterocycles. The quantitative estimate of drug-likeness (QED) is 0.215. The molecule has 0 saturated heterocycles. The smallest absolute Gasteiger partial charge is 0.213 e. The Bertz CT molecular complexity index is 1780. The molecular formula is C33H28BrN5O2. The number of benzene rings is 4. The summed E-state index contributed by atoms with van der Waals surface area (Å²) in [5.41, 5.74) is 7.14. The number of fused-ring (bicyclic) bond motifs is 4. The van der Waals surface area contributed by atoms with Crippen molar-refractivity contribution in [2.45, 2.75) is 26.4 Å². The maximum absolute atomic E-state index is 10.8. The number of para-hydroxylation sites is 3. The molecule has 7 nitrogen and oxygen atoms in total. The van der Waals surface area contributed by atoms with Gasteiger partial charge in [-0.25, -0.2) is 4.68 Å². The average Bonchev–Trinajstić information content (AvgIpc) is 3.50.